The Morgan fingerprint density at radius 2 is 1.67 bits per heavy atom. The maximum Gasteiger partial charge on any atom is 0.408 e. The molecule has 1 fully saturated rings. The summed E-state index contributed by atoms with van der Waals surface area (Å²) in [4.78, 5) is 42.3. The normalized spacial score (nSPS) is 17.4. The number of hydrogen-bond donors (Lipinski definition) is 3. The van der Waals surface area contributed by atoms with Gasteiger partial charge < -0.3 is 30.2 Å². The van der Waals surface area contributed by atoms with Gasteiger partial charge in [0, 0.05) is 50.7 Å². The topological polar surface area (TPSA) is 126 Å². The highest BCUT2D eigenvalue weighted by atomic mass is 16.6. The molecule has 5 rings (SSSR count). The van der Waals surface area contributed by atoms with Crippen LogP contribution < -0.4 is 20.9 Å². The molecule has 2 heterocycles. The number of carbonyl (C=O) groups is 2. The Labute approximate surface area is 264 Å². The highest BCUT2D eigenvalue weighted by Crippen LogP contribution is 2.26. The van der Waals surface area contributed by atoms with Crippen molar-refractivity contribution in [3.05, 3.63) is 78.4 Å². The third kappa shape index (κ3) is 8.93. The largest absolute Gasteiger partial charge is 0.444 e. The van der Waals surface area contributed by atoms with E-state index in [0.29, 0.717) is 18.2 Å². The van der Waals surface area contributed by atoms with Gasteiger partial charge in [0.2, 0.25) is 11.9 Å². The Balaban J connectivity index is 1.20. The van der Waals surface area contributed by atoms with E-state index < -0.39 is 17.7 Å². The summed E-state index contributed by atoms with van der Waals surface area (Å²) in [5, 5.41) is 10.5. The van der Waals surface area contributed by atoms with Gasteiger partial charge in [0.1, 0.15) is 17.5 Å². The summed E-state index contributed by atoms with van der Waals surface area (Å²) >= 11 is 0. The van der Waals surface area contributed by atoms with Crippen molar-refractivity contribution in [2.24, 2.45) is 0 Å². The van der Waals surface area contributed by atoms with Crippen LogP contribution in [0.1, 0.15) is 57.7 Å². The minimum absolute atomic E-state index is 0.0102. The predicted octanol–water partition coefficient (Wildman–Crippen LogP) is 4.92. The van der Waals surface area contributed by atoms with E-state index in [0.717, 1.165) is 48.0 Å². The van der Waals surface area contributed by atoms with Gasteiger partial charge in [-0.15, -0.1) is 0 Å². The number of benzene rings is 2. The van der Waals surface area contributed by atoms with E-state index in [1.807, 2.05) is 72.2 Å². The first kappa shape index (κ1) is 31.7. The second-order valence-electron chi connectivity index (χ2n) is 12.9. The second-order valence-corrected chi connectivity index (χ2v) is 12.9. The zero-order valence-corrected chi connectivity index (χ0v) is 26.8. The van der Waals surface area contributed by atoms with E-state index in [4.69, 9.17) is 14.7 Å². The lowest BCUT2D eigenvalue weighted by molar-refractivity contribution is -0.124. The van der Waals surface area contributed by atoms with E-state index in [1.165, 1.54) is 0 Å². The number of fused-ring (bicyclic) bond motifs is 1. The molecule has 0 spiro atoms. The summed E-state index contributed by atoms with van der Waals surface area (Å²) in [6.07, 6.45) is 6.57. The molecule has 2 aromatic carbocycles. The van der Waals surface area contributed by atoms with Crippen LogP contribution in [0.2, 0.25) is 0 Å². The van der Waals surface area contributed by atoms with Crippen LogP contribution in [0.4, 0.5) is 16.6 Å². The highest BCUT2D eigenvalue weighted by molar-refractivity contribution is 5.90. The van der Waals surface area contributed by atoms with Crippen molar-refractivity contribution in [1.82, 2.24) is 30.2 Å². The molecule has 0 saturated heterocycles. The molecule has 1 saturated carbocycles. The van der Waals surface area contributed by atoms with Crippen LogP contribution in [-0.2, 0) is 22.5 Å². The van der Waals surface area contributed by atoms with Crippen LogP contribution in [-0.4, -0.2) is 69.3 Å². The van der Waals surface area contributed by atoms with Crippen LogP contribution in [0.25, 0.3) is 10.9 Å². The molecule has 0 bridgehead atoms. The predicted molar refractivity (Wildman–Crippen MR) is 176 cm³/mol. The number of nitrogens with zero attached hydrogens (tertiary/aromatic N) is 5. The first-order valence-electron chi connectivity index (χ1n) is 15.6. The summed E-state index contributed by atoms with van der Waals surface area (Å²) in [5.74, 6) is 1.24. The van der Waals surface area contributed by atoms with Crippen molar-refractivity contribution in [1.29, 1.82) is 0 Å². The molecular weight excluding hydrogens is 568 g/mol. The van der Waals surface area contributed by atoms with Crippen molar-refractivity contribution in [2.75, 3.05) is 24.3 Å². The fraction of sp³-hybridized carbons (Fsp3) is 0.441. The quantitative estimate of drug-likeness (QED) is 0.231. The lowest BCUT2D eigenvalue weighted by atomic mass is 9.91. The number of para-hydroxylation sites is 1. The summed E-state index contributed by atoms with van der Waals surface area (Å²) in [6.45, 7) is 6.05. The van der Waals surface area contributed by atoms with Crippen molar-refractivity contribution in [3.8, 4) is 0 Å². The van der Waals surface area contributed by atoms with Gasteiger partial charge in [-0.25, -0.2) is 14.8 Å². The summed E-state index contributed by atoms with van der Waals surface area (Å²) < 4.78 is 7.45. The van der Waals surface area contributed by atoms with Gasteiger partial charge in [0.15, 0.2) is 0 Å². The fourth-order valence-corrected chi connectivity index (χ4v) is 5.59. The lowest BCUT2D eigenvalue weighted by Gasteiger charge is -2.31. The maximum atomic E-state index is 13.6. The van der Waals surface area contributed by atoms with Crippen LogP contribution in [0.3, 0.4) is 0 Å². The van der Waals surface area contributed by atoms with Crippen LogP contribution in [0, 0.1) is 0 Å². The number of hydrogen-bond acceptors (Lipinski definition) is 8. The molecule has 238 valence electrons. The van der Waals surface area contributed by atoms with Crippen LogP contribution in [0.15, 0.2) is 67.1 Å². The van der Waals surface area contributed by atoms with Crippen molar-refractivity contribution < 1.29 is 14.3 Å². The van der Waals surface area contributed by atoms with Gasteiger partial charge in [-0.05, 0) is 64.2 Å². The monoisotopic (exact) mass is 612 g/mol. The first-order chi connectivity index (χ1) is 21.5. The molecular formula is C34H44N8O3. The van der Waals surface area contributed by atoms with Crippen molar-refractivity contribution >= 4 is 34.7 Å². The summed E-state index contributed by atoms with van der Waals surface area (Å²) in [7, 11) is 3.96. The average molecular weight is 613 g/mol. The molecule has 1 aliphatic carbocycles. The number of aromatic nitrogens is 4. The fourth-order valence-electron chi connectivity index (χ4n) is 5.59. The zero-order valence-electron chi connectivity index (χ0n) is 26.8. The van der Waals surface area contributed by atoms with Crippen LogP contribution >= 0.6 is 0 Å². The lowest BCUT2D eigenvalue weighted by Crippen LogP contribution is -2.52. The van der Waals surface area contributed by atoms with Gasteiger partial charge >= 0.3 is 6.09 Å². The molecule has 1 atom stereocenters. The number of carbonyl (C=O) groups excluding carboxylic acids is 2. The smallest absolute Gasteiger partial charge is 0.408 e. The number of ether oxygens (including phenoxy) is 1. The number of imidazole rings is 1. The first-order valence-corrected chi connectivity index (χ1v) is 15.6. The van der Waals surface area contributed by atoms with E-state index in [2.05, 4.69) is 33.1 Å². The summed E-state index contributed by atoms with van der Waals surface area (Å²) in [6, 6.07) is 17.5. The van der Waals surface area contributed by atoms with Gasteiger partial charge in [0.05, 0.1) is 17.5 Å². The molecule has 0 unspecified atom stereocenters. The Hall–Kier alpha value is -4.67. The zero-order chi connectivity index (χ0) is 32.0. The van der Waals surface area contributed by atoms with Gasteiger partial charge in [-0.3, -0.25) is 4.79 Å². The molecule has 0 radical (unpaired) electrons. The van der Waals surface area contributed by atoms with Gasteiger partial charge in [-0.1, -0.05) is 42.5 Å². The Kier molecular flexibility index (Phi) is 9.85. The van der Waals surface area contributed by atoms with E-state index in [-0.39, 0.29) is 24.4 Å². The van der Waals surface area contributed by atoms with Crippen molar-refractivity contribution in [3.63, 3.8) is 0 Å². The third-order valence-corrected chi connectivity index (χ3v) is 7.73. The Bertz CT molecular complexity index is 1590. The average Bonchev–Trinajstić information content (AvgIpc) is 3.43. The molecule has 4 aromatic rings. The highest BCUT2D eigenvalue weighted by Gasteiger charge is 2.29. The van der Waals surface area contributed by atoms with Crippen LogP contribution in [0.5, 0.6) is 0 Å². The number of anilines is 2. The minimum atomic E-state index is -0.828. The summed E-state index contributed by atoms with van der Waals surface area (Å²) in [5.41, 5.74) is 2.07. The van der Waals surface area contributed by atoms with Gasteiger partial charge in [-0.2, -0.15) is 4.98 Å². The van der Waals surface area contributed by atoms with Crippen molar-refractivity contribution in [2.45, 2.75) is 83.1 Å². The Morgan fingerprint density at radius 1 is 0.978 bits per heavy atom. The molecule has 3 N–H and O–H groups in total. The standard InChI is InChI=1S/C34H44N8O3/c1-34(2,3)45-33(44)39-29(19-26-21-42(22-35-26)20-23-11-7-6-8-12-23)31(43)36-24-15-17-25(18-16-24)37-32-38-28-14-10-9-13-27(28)30(40-32)41(4)5/h6-14,21-22,24-25,29H,15-20H2,1-5H3,(H,36,43)(H,39,44)(H,37,38,40)/t24?,25?,29-/m0/s1. The third-order valence-electron chi connectivity index (χ3n) is 7.73. The Morgan fingerprint density at radius 3 is 2.38 bits per heavy atom. The maximum absolute atomic E-state index is 13.6. The molecule has 2 amide bonds. The van der Waals surface area contributed by atoms with E-state index in [9.17, 15) is 9.59 Å². The van der Waals surface area contributed by atoms with Gasteiger partial charge in [0.25, 0.3) is 0 Å². The minimum Gasteiger partial charge on any atom is -0.444 e. The molecule has 1 aliphatic rings. The number of rotatable bonds is 10. The second kappa shape index (κ2) is 14.0. The molecule has 0 aliphatic heterocycles. The molecule has 45 heavy (non-hydrogen) atoms. The molecule has 11 heteroatoms. The molecule has 2 aromatic heterocycles. The molecule has 11 nitrogen and oxygen atoms in total. The SMILES string of the molecule is CN(C)c1nc(NC2CCC(NC(=O)[C@H](Cc3cn(Cc4ccccc4)cn3)NC(=O)OC(C)(C)C)CC2)nc2ccccc12. The van der Waals surface area contributed by atoms with E-state index in [1.54, 1.807) is 27.1 Å². The van der Waals surface area contributed by atoms with E-state index >= 15 is 0 Å². The number of alkyl carbamates (subject to hydrolysis) is 1. The number of amides is 2. The number of nitrogens with one attached hydrogen (secondary N) is 3.